The van der Waals surface area contributed by atoms with E-state index in [2.05, 4.69) is 19.1 Å². The van der Waals surface area contributed by atoms with Crippen molar-refractivity contribution in [2.24, 2.45) is 0 Å². The third-order valence-corrected chi connectivity index (χ3v) is 5.74. The number of esters is 1. The lowest BCUT2D eigenvalue weighted by Crippen LogP contribution is -2.16. The maximum atomic E-state index is 11.2. The molecule has 1 N–H and O–H groups in total. The summed E-state index contributed by atoms with van der Waals surface area (Å²) in [6.45, 7) is 4.25. The number of aliphatic carboxylic acids is 1. The van der Waals surface area contributed by atoms with E-state index in [1.807, 2.05) is 18.2 Å². The minimum absolute atomic E-state index is 0.0781. The number of carbonyl (C=O) groups is 2. The standard InChI is InChI=1S/C27H44O5/c1-3-15-26(32-23(2)28)20-12-6-4-5-11-18-25(19-13-8-14-21-27(29)30)31-22-24-16-9-7-10-17-24/h7,9-10,16-17,25-26H,3-6,8,11-15,18-22H2,1-2H3,(H,29,30). The first-order valence-corrected chi connectivity index (χ1v) is 12.6. The fourth-order valence-corrected chi connectivity index (χ4v) is 4.02. The van der Waals surface area contributed by atoms with Crippen molar-refractivity contribution in [3.8, 4) is 0 Å². The van der Waals surface area contributed by atoms with E-state index in [4.69, 9.17) is 14.6 Å². The highest BCUT2D eigenvalue weighted by Crippen LogP contribution is 2.19. The summed E-state index contributed by atoms with van der Waals surface area (Å²) in [6.07, 6.45) is 14.1. The normalized spacial score (nSPS) is 12.9. The highest BCUT2D eigenvalue weighted by molar-refractivity contribution is 5.66. The molecule has 2 atom stereocenters. The van der Waals surface area contributed by atoms with Crippen LogP contribution in [0.5, 0.6) is 0 Å². The number of hydrogen-bond acceptors (Lipinski definition) is 4. The Morgan fingerprint density at radius 3 is 1.94 bits per heavy atom. The van der Waals surface area contributed by atoms with Gasteiger partial charge >= 0.3 is 11.9 Å². The van der Waals surface area contributed by atoms with E-state index in [-0.39, 0.29) is 24.6 Å². The summed E-state index contributed by atoms with van der Waals surface area (Å²) in [5.41, 5.74) is 1.19. The smallest absolute Gasteiger partial charge is 0.303 e. The van der Waals surface area contributed by atoms with E-state index in [1.165, 1.54) is 31.7 Å². The largest absolute Gasteiger partial charge is 0.481 e. The molecule has 5 heteroatoms. The molecule has 0 bridgehead atoms. The molecule has 5 nitrogen and oxygen atoms in total. The van der Waals surface area contributed by atoms with Crippen molar-refractivity contribution in [2.75, 3.05) is 0 Å². The first kappa shape index (κ1) is 28.2. The van der Waals surface area contributed by atoms with E-state index in [1.54, 1.807) is 0 Å². The van der Waals surface area contributed by atoms with Gasteiger partial charge < -0.3 is 14.6 Å². The quantitative estimate of drug-likeness (QED) is 0.171. The van der Waals surface area contributed by atoms with Crippen molar-refractivity contribution < 1.29 is 24.2 Å². The fourth-order valence-electron chi connectivity index (χ4n) is 4.02. The Hall–Kier alpha value is -1.88. The van der Waals surface area contributed by atoms with Crippen LogP contribution in [-0.2, 0) is 25.7 Å². The molecular weight excluding hydrogens is 404 g/mol. The number of ether oxygens (including phenoxy) is 2. The van der Waals surface area contributed by atoms with Crippen LogP contribution >= 0.6 is 0 Å². The van der Waals surface area contributed by atoms with Gasteiger partial charge in [0.1, 0.15) is 6.10 Å². The van der Waals surface area contributed by atoms with Gasteiger partial charge in [0.2, 0.25) is 0 Å². The van der Waals surface area contributed by atoms with Gasteiger partial charge in [-0.2, -0.15) is 0 Å². The van der Waals surface area contributed by atoms with Crippen LogP contribution in [0.4, 0.5) is 0 Å². The molecule has 1 rings (SSSR count). The summed E-state index contributed by atoms with van der Waals surface area (Å²) in [5.74, 6) is -0.885. The zero-order valence-electron chi connectivity index (χ0n) is 20.2. The summed E-state index contributed by atoms with van der Waals surface area (Å²) in [6, 6.07) is 10.3. The minimum Gasteiger partial charge on any atom is -0.481 e. The SMILES string of the molecule is CCCC(CCCCCCCC(CCCCCC(=O)O)OCc1ccccc1)OC(C)=O. The summed E-state index contributed by atoms with van der Waals surface area (Å²) >= 11 is 0. The van der Waals surface area contributed by atoms with Gasteiger partial charge in [0.25, 0.3) is 0 Å². The zero-order chi connectivity index (χ0) is 23.4. The third kappa shape index (κ3) is 15.9. The second kappa shape index (κ2) is 18.7. The van der Waals surface area contributed by atoms with E-state index in [0.717, 1.165) is 64.2 Å². The highest BCUT2D eigenvalue weighted by atomic mass is 16.5. The number of rotatable bonds is 20. The molecule has 0 heterocycles. The second-order valence-electron chi connectivity index (χ2n) is 8.78. The third-order valence-electron chi connectivity index (χ3n) is 5.74. The summed E-state index contributed by atoms with van der Waals surface area (Å²) in [5, 5.41) is 8.79. The molecule has 0 amide bonds. The molecule has 1 aromatic carbocycles. The Kier molecular flexibility index (Phi) is 16.4. The lowest BCUT2D eigenvalue weighted by Gasteiger charge is -2.18. The van der Waals surface area contributed by atoms with Crippen LogP contribution in [0.15, 0.2) is 30.3 Å². The van der Waals surface area contributed by atoms with Gasteiger partial charge in [0.15, 0.2) is 0 Å². The molecule has 0 fully saturated rings. The van der Waals surface area contributed by atoms with Crippen LogP contribution < -0.4 is 0 Å². The molecule has 0 aromatic heterocycles. The van der Waals surface area contributed by atoms with Gasteiger partial charge in [-0.15, -0.1) is 0 Å². The zero-order valence-corrected chi connectivity index (χ0v) is 20.2. The number of benzene rings is 1. The van der Waals surface area contributed by atoms with Crippen molar-refractivity contribution in [1.29, 1.82) is 0 Å². The summed E-state index contributed by atoms with van der Waals surface area (Å²) in [4.78, 5) is 21.9. The molecule has 0 aliphatic carbocycles. The average Bonchev–Trinajstić information content (AvgIpc) is 2.76. The van der Waals surface area contributed by atoms with Gasteiger partial charge in [-0.05, 0) is 44.1 Å². The highest BCUT2D eigenvalue weighted by Gasteiger charge is 2.12. The summed E-state index contributed by atoms with van der Waals surface area (Å²) in [7, 11) is 0. The predicted octanol–water partition coefficient (Wildman–Crippen LogP) is 7.07. The first-order valence-electron chi connectivity index (χ1n) is 12.6. The predicted molar refractivity (Wildman–Crippen MR) is 129 cm³/mol. The van der Waals surface area contributed by atoms with Gasteiger partial charge in [-0.25, -0.2) is 0 Å². The van der Waals surface area contributed by atoms with Crippen molar-refractivity contribution in [2.45, 2.75) is 123 Å². The minimum atomic E-state index is -0.712. The van der Waals surface area contributed by atoms with E-state index in [9.17, 15) is 9.59 Å². The number of unbranched alkanes of at least 4 members (excludes halogenated alkanes) is 6. The fraction of sp³-hybridized carbons (Fsp3) is 0.704. The van der Waals surface area contributed by atoms with Crippen LogP contribution in [0.1, 0.15) is 109 Å². The maximum Gasteiger partial charge on any atom is 0.303 e. The molecule has 0 saturated heterocycles. The molecule has 0 saturated carbocycles. The molecule has 0 spiro atoms. The number of carboxylic acid groups (broad SMARTS) is 1. The molecule has 0 radical (unpaired) electrons. The Labute approximate surface area is 194 Å². The van der Waals surface area contributed by atoms with Crippen molar-refractivity contribution in [1.82, 2.24) is 0 Å². The molecule has 0 aliphatic rings. The molecule has 32 heavy (non-hydrogen) atoms. The Morgan fingerprint density at radius 2 is 1.38 bits per heavy atom. The molecule has 1 aromatic rings. The average molecular weight is 449 g/mol. The van der Waals surface area contributed by atoms with Gasteiger partial charge in [0.05, 0.1) is 12.7 Å². The monoisotopic (exact) mass is 448 g/mol. The van der Waals surface area contributed by atoms with Gasteiger partial charge in [-0.3, -0.25) is 9.59 Å². The van der Waals surface area contributed by atoms with Gasteiger partial charge in [0, 0.05) is 13.3 Å². The van der Waals surface area contributed by atoms with E-state index in [0.29, 0.717) is 6.61 Å². The number of hydrogen-bond donors (Lipinski definition) is 1. The first-order chi connectivity index (χ1) is 15.5. The van der Waals surface area contributed by atoms with Gasteiger partial charge in [-0.1, -0.05) is 82.2 Å². The van der Waals surface area contributed by atoms with Crippen molar-refractivity contribution >= 4 is 11.9 Å². The second-order valence-corrected chi connectivity index (χ2v) is 8.78. The van der Waals surface area contributed by atoms with E-state index >= 15 is 0 Å². The van der Waals surface area contributed by atoms with E-state index < -0.39 is 5.97 Å². The maximum absolute atomic E-state index is 11.2. The van der Waals surface area contributed by atoms with Crippen molar-refractivity contribution in [3.63, 3.8) is 0 Å². The van der Waals surface area contributed by atoms with Crippen LogP contribution in [0.25, 0.3) is 0 Å². The van der Waals surface area contributed by atoms with Crippen LogP contribution in [-0.4, -0.2) is 29.3 Å². The van der Waals surface area contributed by atoms with Crippen LogP contribution in [0.3, 0.4) is 0 Å². The summed E-state index contributed by atoms with van der Waals surface area (Å²) < 4.78 is 11.6. The number of carbonyl (C=O) groups excluding carboxylic acids is 1. The topological polar surface area (TPSA) is 72.8 Å². The Morgan fingerprint density at radius 1 is 0.812 bits per heavy atom. The van der Waals surface area contributed by atoms with Crippen LogP contribution in [0, 0.1) is 0 Å². The molecule has 0 aliphatic heterocycles. The molecule has 182 valence electrons. The molecular formula is C27H44O5. The lowest BCUT2D eigenvalue weighted by atomic mass is 10.0. The Balaban J connectivity index is 2.25. The lowest BCUT2D eigenvalue weighted by molar-refractivity contribution is -0.147. The number of carboxylic acids is 1. The van der Waals surface area contributed by atoms with Crippen molar-refractivity contribution in [3.05, 3.63) is 35.9 Å². The van der Waals surface area contributed by atoms with Crippen LogP contribution in [0.2, 0.25) is 0 Å². The molecule has 2 unspecified atom stereocenters. The Bertz CT molecular complexity index is 601.